The zero-order chi connectivity index (χ0) is 34.9. The van der Waals surface area contributed by atoms with Crippen LogP contribution in [0.1, 0.15) is 0 Å². The van der Waals surface area contributed by atoms with Gasteiger partial charge in [0, 0.05) is 241 Å². The molecule has 0 bridgehead atoms. The Balaban J connectivity index is -0.000000230. The summed E-state index contributed by atoms with van der Waals surface area (Å²) in [6.07, 6.45) is 0. The molecule has 0 aliphatic carbocycles. The molecule has 3 aliphatic heterocycles. The zero-order valence-electron chi connectivity index (χ0n) is 19.7. The summed E-state index contributed by atoms with van der Waals surface area (Å²) in [7, 11) is 63.2. The third-order valence-electron chi connectivity index (χ3n) is 0.955. The lowest BCUT2D eigenvalue weighted by molar-refractivity contribution is 2.35. The SMILES string of the molecule is S1SSSSSSS1.S1SSSSSSS1.S1SSSSSSS1.SCS.SSSSSSSS.SSSSSSSS.[S-]C[SH2+]. The first kappa shape index (κ1) is 68.0. The van der Waals surface area contributed by atoms with Gasteiger partial charge < -0.3 is 12.6 Å². The molecule has 0 amide bonds. The smallest absolute Gasteiger partial charge is 0.0331 e. The molecule has 3 heterocycles. The first-order valence-electron chi connectivity index (χ1n) is 7.67. The summed E-state index contributed by atoms with van der Waals surface area (Å²) in [5.41, 5.74) is 0. The molecule has 0 aromatic heterocycles. The minimum Gasteiger partial charge on any atom is -0.738 e. The molecule has 0 atom stereocenters. The molecule has 284 valence electrons. The van der Waals surface area contributed by atoms with E-state index in [0.29, 0.717) is 10.2 Å². The second kappa shape index (κ2) is 74.7. The number of hydrogen-bond donors (Lipinski definition) is 6. The quantitative estimate of drug-likeness (QED) is 0.0307. The lowest BCUT2D eigenvalue weighted by atomic mass is 11.9. The third-order valence-corrected chi connectivity index (χ3v) is 77.4. The maximum atomic E-state index is 4.31. The van der Waals surface area contributed by atoms with Crippen molar-refractivity contribution in [2.75, 3.05) is 10.2 Å². The van der Waals surface area contributed by atoms with E-state index in [9.17, 15) is 0 Å². The Kier molecular flexibility index (Phi) is 110. The highest BCUT2D eigenvalue weighted by Gasteiger charge is 2.02. The van der Waals surface area contributed by atoms with Crippen molar-refractivity contribution in [1.82, 2.24) is 0 Å². The fourth-order valence-corrected chi connectivity index (χ4v) is 89.2. The Morgan fingerprint density at radius 2 is 0.413 bits per heavy atom. The van der Waals surface area contributed by atoms with Gasteiger partial charge in [-0.25, -0.2) is 0 Å². The largest absolute Gasteiger partial charge is 0.738 e. The van der Waals surface area contributed by atoms with E-state index in [1.165, 1.54) is 39.3 Å². The van der Waals surface area contributed by atoms with Crippen LogP contribution in [0.5, 0.6) is 0 Å². The Hall–Kier alpha value is 15.4. The van der Waals surface area contributed by atoms with Crippen molar-refractivity contribution in [2.45, 2.75) is 0 Å². The standard InChI is InChI=1S/2CH4S2.3S8.2H2S8/c2*2-1-3;3*1-2-4-6-8-7-5-3-1;2*1-3-5-7-8-6-4-2/h2*2-3H,1H2;;;;2*1-2H. The maximum Gasteiger partial charge on any atom is 0.0331 e. The Bertz CT molecular complexity index is 275. The van der Waals surface area contributed by atoms with Crippen molar-refractivity contribution in [2.24, 2.45) is 0 Å². The van der Waals surface area contributed by atoms with Crippen LogP contribution in [-0.4, -0.2) is 10.2 Å². The van der Waals surface area contributed by atoms with Crippen molar-refractivity contribution in [3.05, 3.63) is 0 Å². The van der Waals surface area contributed by atoms with Crippen LogP contribution in [0.2, 0.25) is 0 Å². The van der Waals surface area contributed by atoms with Gasteiger partial charge >= 0.3 is 0 Å². The van der Waals surface area contributed by atoms with E-state index in [1.54, 1.807) is 78.6 Å². The van der Waals surface area contributed by atoms with Crippen LogP contribution < -0.4 is 0 Å². The molecule has 0 nitrogen and oxygen atoms in total. The van der Waals surface area contributed by atoms with E-state index >= 15 is 0 Å². The highest BCUT2D eigenvalue weighted by atomic mass is 34.1. The molecule has 0 N–H and O–H groups in total. The van der Waals surface area contributed by atoms with Gasteiger partial charge in [-0.3, -0.25) is 0 Å². The first-order valence-corrected chi connectivity index (χ1v) is 61.4. The van der Waals surface area contributed by atoms with E-state index in [2.05, 4.69) is 97.2 Å². The van der Waals surface area contributed by atoms with Gasteiger partial charge in [0.05, 0.1) is 0 Å². The highest BCUT2D eigenvalue weighted by Crippen LogP contribution is 2.67. The molecule has 0 unspecified atom stereocenters. The first-order chi connectivity index (χ1) is 22.7. The van der Waals surface area contributed by atoms with Crippen LogP contribution in [-0.2, 0) is 25.3 Å². The second-order valence-corrected chi connectivity index (χ2v) is 69.4. The Labute approximate surface area is 449 Å². The fraction of sp³-hybridized carbons (Fsp3) is 1.00. The van der Waals surface area contributed by atoms with Gasteiger partial charge in [0.25, 0.3) is 0 Å². The molecular formula is C2H12S44. The van der Waals surface area contributed by atoms with Crippen LogP contribution in [0.3, 0.4) is 0 Å². The monoisotopic (exact) mass is 1440 g/mol. The maximum absolute atomic E-state index is 4.31. The Morgan fingerprint density at radius 1 is 0.326 bits per heavy atom. The van der Waals surface area contributed by atoms with Crippen molar-refractivity contribution in [3.63, 3.8) is 0 Å². The van der Waals surface area contributed by atoms with Crippen LogP contribution >= 0.6 is 426 Å². The molecule has 46 heavy (non-hydrogen) atoms. The van der Waals surface area contributed by atoms with Gasteiger partial charge in [0.15, 0.2) is 0 Å². The molecule has 0 aromatic carbocycles. The summed E-state index contributed by atoms with van der Waals surface area (Å²) < 4.78 is 0. The number of thiol groups is 6. The van der Waals surface area contributed by atoms with Gasteiger partial charge in [-0.15, -0.1) is 0 Å². The van der Waals surface area contributed by atoms with Gasteiger partial charge in [0.2, 0.25) is 0 Å². The van der Waals surface area contributed by atoms with Crippen LogP contribution in [0.25, 0.3) is 0 Å². The van der Waals surface area contributed by atoms with Crippen molar-refractivity contribution < 1.29 is 0 Å². The molecule has 0 radical (unpaired) electrons. The fourth-order valence-electron chi connectivity index (χ4n) is 0.367. The topological polar surface area (TPSA) is 0 Å². The average Bonchev–Trinajstić information content (AvgIpc) is 2.99. The summed E-state index contributed by atoms with van der Waals surface area (Å²) >= 11 is 30.3. The van der Waals surface area contributed by atoms with E-state index < -0.39 is 0 Å². The van der Waals surface area contributed by atoms with Gasteiger partial charge in [-0.1, -0.05) is 59.3 Å². The summed E-state index contributed by atoms with van der Waals surface area (Å²) in [5.74, 6) is 0. The van der Waals surface area contributed by atoms with Crippen LogP contribution in [0, 0.1) is 0 Å². The average molecular weight is 1450 g/mol. The molecule has 3 aliphatic rings. The third kappa shape index (κ3) is 83.0. The van der Waals surface area contributed by atoms with Crippen molar-refractivity contribution in [1.29, 1.82) is 0 Å². The van der Waals surface area contributed by atoms with E-state index in [4.69, 9.17) is 0 Å². The predicted octanol–water partition coefficient (Wildman–Crippen LogP) is 25.2. The summed E-state index contributed by atoms with van der Waals surface area (Å²) in [6, 6.07) is 0. The molecule has 3 fully saturated rings. The van der Waals surface area contributed by atoms with E-state index in [1.807, 2.05) is 236 Å². The minimum absolute atomic E-state index is 0.639. The highest BCUT2D eigenvalue weighted by molar-refractivity contribution is 9.61. The lowest BCUT2D eigenvalue weighted by Gasteiger charge is -2.00. The van der Waals surface area contributed by atoms with E-state index in [0.717, 1.165) is 0 Å². The Morgan fingerprint density at radius 3 is 0.478 bits per heavy atom. The second-order valence-electron chi connectivity index (χ2n) is 2.76. The molecule has 0 saturated carbocycles. The molecule has 0 spiro atoms. The summed E-state index contributed by atoms with van der Waals surface area (Å²) in [6.45, 7) is 0. The number of hydrogen-bond acceptors (Lipinski definition) is 43. The molecule has 0 aromatic rings. The van der Waals surface area contributed by atoms with Crippen molar-refractivity contribution in [3.8, 4) is 0 Å². The van der Waals surface area contributed by atoms with Gasteiger partial charge in [-0.05, 0) is 123 Å². The molecule has 44 heteroatoms. The number of rotatable bonds is 10. The zero-order valence-corrected chi connectivity index (χ0v) is 56.3. The summed E-state index contributed by atoms with van der Waals surface area (Å²) in [5, 5.41) is 1.28. The molecular weight excluding hydrogens is 1430 g/mol. The normalized spacial score (nSPS) is 16.7. The van der Waals surface area contributed by atoms with Crippen LogP contribution in [0.15, 0.2) is 0 Å². The van der Waals surface area contributed by atoms with Gasteiger partial charge in [-0.2, -0.15) is 25.3 Å². The van der Waals surface area contributed by atoms with E-state index in [-0.39, 0.29) is 0 Å². The van der Waals surface area contributed by atoms with Crippen LogP contribution in [0.4, 0.5) is 0 Å². The summed E-state index contributed by atoms with van der Waals surface area (Å²) in [4.78, 5) is 0. The van der Waals surface area contributed by atoms with Gasteiger partial charge in [0.1, 0.15) is 0 Å². The predicted molar refractivity (Wildman–Crippen MR) is 354 cm³/mol. The minimum atomic E-state index is 0.639. The lowest BCUT2D eigenvalue weighted by Crippen LogP contribution is -1.52. The van der Waals surface area contributed by atoms with Crippen molar-refractivity contribution >= 4 is 451 Å². The molecule has 3 saturated heterocycles. The molecule has 3 rings (SSSR count).